The van der Waals surface area contributed by atoms with Crippen LogP contribution in [0, 0.1) is 11.6 Å². The molecule has 1 aromatic carbocycles. The summed E-state index contributed by atoms with van der Waals surface area (Å²) in [6, 6.07) is 2.34. The van der Waals surface area contributed by atoms with Gasteiger partial charge in [-0.25, -0.2) is 13.6 Å². The first-order chi connectivity index (χ1) is 8.65. The van der Waals surface area contributed by atoms with Gasteiger partial charge in [0.15, 0.2) is 0 Å². The van der Waals surface area contributed by atoms with Crippen LogP contribution in [-0.2, 0) is 6.54 Å². The van der Waals surface area contributed by atoms with Crippen molar-refractivity contribution in [3.8, 4) is 0 Å². The van der Waals surface area contributed by atoms with Crippen LogP contribution >= 0.6 is 0 Å². The molecule has 0 saturated carbocycles. The van der Waals surface area contributed by atoms with Crippen LogP contribution in [0.2, 0.25) is 0 Å². The number of benzene rings is 1. The summed E-state index contributed by atoms with van der Waals surface area (Å²) >= 11 is 0. The molecule has 0 bridgehead atoms. The van der Waals surface area contributed by atoms with Gasteiger partial charge in [-0.2, -0.15) is 5.10 Å². The molecule has 2 aromatic rings. The topological polar surface area (TPSA) is 69.8 Å². The van der Waals surface area contributed by atoms with E-state index in [1.165, 1.54) is 0 Å². The zero-order chi connectivity index (χ0) is 13.0. The van der Waals surface area contributed by atoms with Crippen molar-refractivity contribution in [1.82, 2.24) is 15.5 Å². The van der Waals surface area contributed by atoms with Gasteiger partial charge >= 0.3 is 6.03 Å². The molecule has 5 nitrogen and oxygen atoms in total. The number of H-pyrrole nitrogens is 1. The van der Waals surface area contributed by atoms with Crippen molar-refractivity contribution in [3.05, 3.63) is 47.8 Å². The molecule has 0 aliphatic carbocycles. The molecular weight excluding hydrogens is 242 g/mol. The Labute approximate surface area is 101 Å². The third-order valence-corrected chi connectivity index (χ3v) is 2.19. The molecule has 0 fully saturated rings. The van der Waals surface area contributed by atoms with E-state index in [2.05, 4.69) is 20.8 Å². The van der Waals surface area contributed by atoms with Crippen molar-refractivity contribution in [2.75, 3.05) is 5.32 Å². The summed E-state index contributed by atoms with van der Waals surface area (Å²) < 4.78 is 25.9. The molecule has 1 aromatic heterocycles. The predicted molar refractivity (Wildman–Crippen MR) is 60.8 cm³/mol. The first-order valence-electron chi connectivity index (χ1n) is 5.13. The minimum Gasteiger partial charge on any atom is -0.334 e. The summed E-state index contributed by atoms with van der Waals surface area (Å²) in [5.74, 6) is -1.52. The molecule has 0 unspecified atom stereocenters. The van der Waals surface area contributed by atoms with E-state index in [4.69, 9.17) is 0 Å². The molecule has 94 valence electrons. The summed E-state index contributed by atoms with van der Waals surface area (Å²) in [6.07, 6.45) is 3.18. The fourth-order valence-electron chi connectivity index (χ4n) is 1.31. The zero-order valence-corrected chi connectivity index (χ0v) is 9.21. The number of rotatable bonds is 3. The molecule has 0 radical (unpaired) electrons. The van der Waals surface area contributed by atoms with Crippen LogP contribution in [0.4, 0.5) is 19.3 Å². The molecule has 0 aliphatic heterocycles. The minimum absolute atomic E-state index is 0.0823. The fourth-order valence-corrected chi connectivity index (χ4v) is 1.31. The van der Waals surface area contributed by atoms with Crippen molar-refractivity contribution >= 4 is 11.7 Å². The number of halogens is 2. The van der Waals surface area contributed by atoms with Gasteiger partial charge in [0, 0.05) is 24.4 Å². The number of nitrogens with zero attached hydrogens (tertiary/aromatic N) is 1. The molecule has 0 atom stereocenters. The summed E-state index contributed by atoms with van der Waals surface area (Å²) in [5.41, 5.74) is 0.700. The highest BCUT2D eigenvalue weighted by molar-refractivity contribution is 5.89. The largest absolute Gasteiger partial charge is 0.334 e. The Hall–Kier alpha value is -2.44. The number of anilines is 1. The van der Waals surface area contributed by atoms with Gasteiger partial charge in [0.1, 0.15) is 11.6 Å². The Morgan fingerprint density at radius 2 is 2.22 bits per heavy atom. The van der Waals surface area contributed by atoms with Gasteiger partial charge in [0.2, 0.25) is 0 Å². The monoisotopic (exact) mass is 252 g/mol. The van der Waals surface area contributed by atoms with Gasteiger partial charge < -0.3 is 10.6 Å². The molecule has 0 saturated heterocycles. The van der Waals surface area contributed by atoms with E-state index < -0.39 is 17.7 Å². The van der Waals surface area contributed by atoms with Crippen LogP contribution in [0.5, 0.6) is 0 Å². The molecule has 2 rings (SSSR count). The second-order valence-corrected chi connectivity index (χ2v) is 3.54. The van der Waals surface area contributed by atoms with Gasteiger partial charge in [-0.05, 0) is 12.1 Å². The third-order valence-electron chi connectivity index (χ3n) is 2.19. The first kappa shape index (κ1) is 12.0. The van der Waals surface area contributed by atoms with E-state index in [-0.39, 0.29) is 12.2 Å². The molecule has 2 amide bonds. The van der Waals surface area contributed by atoms with Crippen molar-refractivity contribution in [2.45, 2.75) is 6.54 Å². The van der Waals surface area contributed by atoms with E-state index in [9.17, 15) is 13.6 Å². The maximum Gasteiger partial charge on any atom is 0.319 e. The van der Waals surface area contributed by atoms with Crippen molar-refractivity contribution < 1.29 is 13.6 Å². The van der Waals surface area contributed by atoms with Crippen LogP contribution in [0.25, 0.3) is 0 Å². The number of amides is 2. The smallest absolute Gasteiger partial charge is 0.319 e. The van der Waals surface area contributed by atoms with Crippen LogP contribution in [0.1, 0.15) is 5.56 Å². The second kappa shape index (κ2) is 5.26. The molecule has 0 spiro atoms. The van der Waals surface area contributed by atoms with Gasteiger partial charge in [-0.1, -0.05) is 0 Å². The Balaban J connectivity index is 1.91. The lowest BCUT2D eigenvalue weighted by Gasteiger charge is -2.07. The fraction of sp³-hybridized carbons (Fsp3) is 0.0909. The summed E-state index contributed by atoms with van der Waals surface area (Å²) in [7, 11) is 0. The van der Waals surface area contributed by atoms with E-state index in [1.807, 2.05) is 0 Å². The average Bonchev–Trinajstić information content (AvgIpc) is 2.83. The SMILES string of the molecule is O=C(NCc1cn[nH]c1)Nc1ccc(F)cc1F. The number of nitrogens with one attached hydrogen (secondary N) is 3. The van der Waals surface area contributed by atoms with Crippen LogP contribution < -0.4 is 10.6 Å². The van der Waals surface area contributed by atoms with Crippen molar-refractivity contribution in [3.63, 3.8) is 0 Å². The normalized spacial score (nSPS) is 10.1. The first-order valence-corrected chi connectivity index (χ1v) is 5.13. The second-order valence-electron chi connectivity index (χ2n) is 3.54. The lowest BCUT2D eigenvalue weighted by Crippen LogP contribution is -2.28. The van der Waals surface area contributed by atoms with Gasteiger partial charge in [0.25, 0.3) is 0 Å². The van der Waals surface area contributed by atoms with Crippen LogP contribution in [0.3, 0.4) is 0 Å². The number of hydrogen-bond donors (Lipinski definition) is 3. The predicted octanol–water partition coefficient (Wildman–Crippen LogP) is 2.01. The highest BCUT2D eigenvalue weighted by Crippen LogP contribution is 2.14. The van der Waals surface area contributed by atoms with Gasteiger partial charge in [-0.15, -0.1) is 0 Å². The van der Waals surface area contributed by atoms with E-state index >= 15 is 0 Å². The number of aromatic amines is 1. The third kappa shape index (κ3) is 3.03. The standard InChI is InChI=1S/C11H10F2N4O/c12-8-1-2-10(9(13)3-8)17-11(18)14-4-7-5-15-16-6-7/h1-3,5-6H,4H2,(H,15,16)(H2,14,17,18). The van der Waals surface area contributed by atoms with E-state index in [0.29, 0.717) is 6.07 Å². The molecule has 1 heterocycles. The van der Waals surface area contributed by atoms with Crippen LogP contribution in [0.15, 0.2) is 30.6 Å². The van der Waals surface area contributed by atoms with E-state index in [1.54, 1.807) is 12.4 Å². The number of urea groups is 1. The number of carbonyl (C=O) groups excluding carboxylic acids is 1. The lowest BCUT2D eigenvalue weighted by molar-refractivity contribution is 0.251. The number of carbonyl (C=O) groups is 1. The Kier molecular flexibility index (Phi) is 3.52. The van der Waals surface area contributed by atoms with Gasteiger partial charge in [0.05, 0.1) is 11.9 Å². The summed E-state index contributed by atoms with van der Waals surface area (Å²) in [5, 5.41) is 11.1. The van der Waals surface area contributed by atoms with Crippen LogP contribution in [-0.4, -0.2) is 16.2 Å². The average molecular weight is 252 g/mol. The lowest BCUT2D eigenvalue weighted by atomic mass is 10.3. The Morgan fingerprint density at radius 3 is 2.89 bits per heavy atom. The number of hydrogen-bond acceptors (Lipinski definition) is 2. The summed E-state index contributed by atoms with van der Waals surface area (Å²) in [4.78, 5) is 11.4. The van der Waals surface area contributed by atoms with E-state index in [0.717, 1.165) is 17.7 Å². The maximum atomic E-state index is 13.2. The Bertz CT molecular complexity index is 542. The number of aromatic nitrogens is 2. The maximum absolute atomic E-state index is 13.2. The molecule has 18 heavy (non-hydrogen) atoms. The molecule has 3 N–H and O–H groups in total. The highest BCUT2D eigenvalue weighted by Gasteiger charge is 2.07. The zero-order valence-electron chi connectivity index (χ0n) is 9.21. The van der Waals surface area contributed by atoms with Crippen molar-refractivity contribution in [2.24, 2.45) is 0 Å². The highest BCUT2D eigenvalue weighted by atomic mass is 19.1. The Morgan fingerprint density at radius 1 is 1.39 bits per heavy atom. The minimum atomic E-state index is -0.825. The summed E-state index contributed by atoms with van der Waals surface area (Å²) in [6.45, 7) is 0.255. The molecule has 0 aliphatic rings. The van der Waals surface area contributed by atoms with Crippen molar-refractivity contribution in [1.29, 1.82) is 0 Å². The molecular formula is C11H10F2N4O. The van der Waals surface area contributed by atoms with Gasteiger partial charge in [-0.3, -0.25) is 5.10 Å². The molecule has 7 heteroatoms. The quantitative estimate of drug-likeness (QED) is 0.782.